The maximum atomic E-state index is 12.3. The molecule has 2 atom stereocenters. The fourth-order valence-electron chi connectivity index (χ4n) is 3.12. The number of nitrogens with one attached hydrogen (secondary N) is 3. The molecule has 1 aromatic carbocycles. The third kappa shape index (κ3) is 5.13. The molecule has 148 valence electrons. The lowest BCUT2D eigenvalue weighted by Gasteiger charge is -2.27. The van der Waals surface area contributed by atoms with Gasteiger partial charge in [-0.05, 0) is 32.0 Å². The standard InChI is InChI=1S/C19H27N3O5/c1-6-27-18(23)17-12(2)20-19(24)21-14(17)11-22(3)10-13-7-8-15(25-4)16(9-13)26-5/h7-9,12H,6,10-11H2,1-5H3,(H2,20,21,24)/p+1/t12-/m0/s1. The molecule has 1 aliphatic rings. The summed E-state index contributed by atoms with van der Waals surface area (Å²) in [6.07, 6.45) is 0. The monoisotopic (exact) mass is 378 g/mol. The Kier molecular flexibility index (Phi) is 7.06. The molecule has 8 heteroatoms. The van der Waals surface area contributed by atoms with Crippen molar-refractivity contribution in [1.29, 1.82) is 0 Å². The Morgan fingerprint density at radius 2 is 1.89 bits per heavy atom. The highest BCUT2D eigenvalue weighted by molar-refractivity contribution is 5.94. The quantitative estimate of drug-likeness (QED) is 0.564. The molecule has 1 aromatic rings. The highest BCUT2D eigenvalue weighted by Crippen LogP contribution is 2.27. The number of hydrogen-bond donors (Lipinski definition) is 3. The van der Waals surface area contributed by atoms with E-state index in [4.69, 9.17) is 14.2 Å². The zero-order valence-corrected chi connectivity index (χ0v) is 16.5. The molecule has 0 saturated carbocycles. The third-order valence-electron chi connectivity index (χ3n) is 4.30. The van der Waals surface area contributed by atoms with E-state index in [2.05, 4.69) is 10.6 Å². The third-order valence-corrected chi connectivity index (χ3v) is 4.30. The predicted molar refractivity (Wildman–Crippen MR) is 99.8 cm³/mol. The fraction of sp³-hybridized carbons (Fsp3) is 0.474. The highest BCUT2D eigenvalue weighted by atomic mass is 16.5. The summed E-state index contributed by atoms with van der Waals surface area (Å²) in [6.45, 7) is 4.96. The Labute approximate surface area is 159 Å². The van der Waals surface area contributed by atoms with Crippen LogP contribution in [0.15, 0.2) is 29.5 Å². The number of urea groups is 1. The van der Waals surface area contributed by atoms with E-state index in [1.165, 1.54) is 0 Å². The molecule has 0 saturated heterocycles. The van der Waals surface area contributed by atoms with E-state index in [1.807, 2.05) is 25.2 Å². The van der Waals surface area contributed by atoms with E-state index < -0.39 is 12.0 Å². The molecular formula is C19H28N3O5+. The smallest absolute Gasteiger partial charge is 0.338 e. The topological polar surface area (TPSA) is 90.3 Å². The second-order valence-electron chi connectivity index (χ2n) is 6.43. The first kappa shape index (κ1) is 20.6. The summed E-state index contributed by atoms with van der Waals surface area (Å²) in [5, 5.41) is 5.46. The molecule has 3 N–H and O–H groups in total. The van der Waals surface area contributed by atoms with Gasteiger partial charge in [-0.2, -0.15) is 0 Å². The second kappa shape index (κ2) is 9.27. The first-order chi connectivity index (χ1) is 12.9. The Bertz CT molecular complexity index is 732. The Morgan fingerprint density at radius 1 is 1.19 bits per heavy atom. The molecule has 2 rings (SSSR count). The summed E-state index contributed by atoms with van der Waals surface area (Å²) in [7, 11) is 5.19. The second-order valence-corrected chi connectivity index (χ2v) is 6.43. The van der Waals surface area contributed by atoms with Crippen LogP contribution in [0.25, 0.3) is 0 Å². The van der Waals surface area contributed by atoms with Crippen LogP contribution in [0.2, 0.25) is 0 Å². The average molecular weight is 378 g/mol. The number of ether oxygens (including phenoxy) is 3. The molecule has 1 heterocycles. The molecule has 0 fully saturated rings. The van der Waals surface area contributed by atoms with E-state index in [-0.39, 0.29) is 12.6 Å². The number of methoxy groups -OCH3 is 2. The minimum Gasteiger partial charge on any atom is -0.493 e. The fourth-order valence-corrected chi connectivity index (χ4v) is 3.12. The van der Waals surface area contributed by atoms with Crippen LogP contribution in [-0.4, -0.2) is 52.5 Å². The minimum absolute atomic E-state index is 0.282. The van der Waals surface area contributed by atoms with Crippen LogP contribution in [0.4, 0.5) is 4.79 Å². The van der Waals surface area contributed by atoms with Gasteiger partial charge in [0, 0.05) is 5.56 Å². The van der Waals surface area contributed by atoms with Gasteiger partial charge in [-0.1, -0.05) is 0 Å². The van der Waals surface area contributed by atoms with Crippen LogP contribution in [0.3, 0.4) is 0 Å². The maximum absolute atomic E-state index is 12.3. The van der Waals surface area contributed by atoms with Gasteiger partial charge in [-0.25, -0.2) is 9.59 Å². The molecule has 0 spiro atoms. The van der Waals surface area contributed by atoms with Crippen LogP contribution in [-0.2, 0) is 16.1 Å². The van der Waals surface area contributed by atoms with Crippen molar-refractivity contribution in [3.05, 3.63) is 35.0 Å². The lowest BCUT2D eigenvalue weighted by molar-refractivity contribution is -0.889. The van der Waals surface area contributed by atoms with Crippen molar-refractivity contribution in [2.75, 3.05) is 34.4 Å². The first-order valence-corrected chi connectivity index (χ1v) is 8.89. The summed E-state index contributed by atoms with van der Waals surface area (Å²) < 4.78 is 15.7. The zero-order valence-electron chi connectivity index (χ0n) is 16.5. The van der Waals surface area contributed by atoms with Crippen LogP contribution >= 0.6 is 0 Å². The number of hydrogen-bond acceptors (Lipinski definition) is 5. The van der Waals surface area contributed by atoms with E-state index in [1.54, 1.807) is 28.1 Å². The molecule has 0 aromatic heterocycles. The van der Waals surface area contributed by atoms with Gasteiger partial charge in [0.25, 0.3) is 0 Å². The minimum atomic E-state index is -0.411. The average Bonchev–Trinajstić information content (AvgIpc) is 2.61. The van der Waals surface area contributed by atoms with Crippen molar-refractivity contribution in [1.82, 2.24) is 10.6 Å². The van der Waals surface area contributed by atoms with E-state index >= 15 is 0 Å². The van der Waals surface area contributed by atoms with Crippen molar-refractivity contribution >= 4 is 12.0 Å². The highest BCUT2D eigenvalue weighted by Gasteiger charge is 2.31. The molecular weight excluding hydrogens is 350 g/mol. The number of esters is 1. The maximum Gasteiger partial charge on any atom is 0.338 e. The van der Waals surface area contributed by atoms with Gasteiger partial charge in [-0.15, -0.1) is 0 Å². The zero-order chi connectivity index (χ0) is 20.0. The normalized spacial score (nSPS) is 17.7. The van der Waals surface area contributed by atoms with Gasteiger partial charge in [0.2, 0.25) is 0 Å². The van der Waals surface area contributed by atoms with Gasteiger partial charge in [-0.3, -0.25) is 0 Å². The Hall–Kier alpha value is -2.74. The number of benzene rings is 1. The molecule has 2 amide bonds. The van der Waals surface area contributed by atoms with Crippen LogP contribution < -0.4 is 25.0 Å². The summed E-state index contributed by atoms with van der Waals surface area (Å²) in [4.78, 5) is 25.3. The van der Waals surface area contributed by atoms with Gasteiger partial charge < -0.3 is 29.7 Å². The van der Waals surface area contributed by atoms with Gasteiger partial charge in [0.05, 0.1) is 45.2 Å². The molecule has 1 aliphatic heterocycles. The van der Waals surface area contributed by atoms with Crippen molar-refractivity contribution < 1.29 is 28.7 Å². The van der Waals surface area contributed by atoms with E-state index in [9.17, 15) is 9.59 Å². The van der Waals surface area contributed by atoms with Gasteiger partial charge >= 0.3 is 12.0 Å². The molecule has 0 bridgehead atoms. The Morgan fingerprint density at radius 3 is 2.52 bits per heavy atom. The lowest BCUT2D eigenvalue weighted by atomic mass is 10.0. The van der Waals surface area contributed by atoms with Crippen molar-refractivity contribution in [2.24, 2.45) is 0 Å². The number of amides is 2. The SMILES string of the molecule is CCOC(=O)C1=C(C[NH+](C)Cc2ccc(OC)c(OC)c2)NC(=O)N[C@H]1C. The van der Waals surface area contributed by atoms with E-state index in [0.29, 0.717) is 35.9 Å². The number of quaternary nitrogens is 1. The molecule has 0 aliphatic carbocycles. The summed E-state index contributed by atoms with van der Waals surface area (Å²) >= 11 is 0. The summed E-state index contributed by atoms with van der Waals surface area (Å²) in [6, 6.07) is 5.03. The molecule has 27 heavy (non-hydrogen) atoms. The van der Waals surface area contributed by atoms with Crippen molar-refractivity contribution in [3.8, 4) is 11.5 Å². The molecule has 8 nitrogen and oxygen atoms in total. The number of likely N-dealkylation sites (N-methyl/N-ethyl adjacent to an activating group) is 1. The number of carbonyl (C=O) groups is 2. The van der Waals surface area contributed by atoms with Crippen LogP contribution in [0.1, 0.15) is 19.4 Å². The predicted octanol–water partition coefficient (Wildman–Crippen LogP) is 0.237. The number of rotatable bonds is 8. The van der Waals surface area contributed by atoms with Crippen molar-refractivity contribution in [2.45, 2.75) is 26.4 Å². The summed E-state index contributed by atoms with van der Waals surface area (Å²) in [5.74, 6) is 0.926. The molecule has 1 unspecified atom stereocenters. The van der Waals surface area contributed by atoms with Crippen LogP contribution in [0.5, 0.6) is 11.5 Å². The van der Waals surface area contributed by atoms with Crippen LogP contribution in [0, 0.1) is 0 Å². The van der Waals surface area contributed by atoms with Gasteiger partial charge in [0.1, 0.15) is 13.1 Å². The van der Waals surface area contributed by atoms with Crippen molar-refractivity contribution in [3.63, 3.8) is 0 Å². The largest absolute Gasteiger partial charge is 0.493 e. The van der Waals surface area contributed by atoms with Gasteiger partial charge in [0.15, 0.2) is 11.5 Å². The van der Waals surface area contributed by atoms with E-state index in [0.717, 1.165) is 10.5 Å². The Balaban J connectivity index is 2.18. The first-order valence-electron chi connectivity index (χ1n) is 8.89. The summed E-state index contributed by atoms with van der Waals surface area (Å²) in [5.41, 5.74) is 2.10. The molecule has 0 radical (unpaired) electrons. The lowest BCUT2D eigenvalue weighted by Crippen LogP contribution is -3.08. The number of carbonyl (C=O) groups excluding carboxylic acids is 2.